The van der Waals surface area contributed by atoms with E-state index in [4.69, 9.17) is 0 Å². The maximum absolute atomic E-state index is 12.4. The summed E-state index contributed by atoms with van der Waals surface area (Å²) in [6.07, 6.45) is 3.10. The van der Waals surface area contributed by atoms with Crippen molar-refractivity contribution >= 4 is 22.9 Å². The minimum Gasteiger partial charge on any atom is -0.344 e. The molecule has 0 aliphatic rings. The SMILES string of the molecule is C[C@@H](NC(=O)c1cccnc1)c1cc(=O)n2[nH]c(-c3cccs3)cc2n1. The molecule has 7 nitrogen and oxygen atoms in total. The molecule has 4 heterocycles. The van der Waals surface area contributed by atoms with E-state index < -0.39 is 6.04 Å². The van der Waals surface area contributed by atoms with Gasteiger partial charge in [0.1, 0.15) is 0 Å². The minimum atomic E-state index is -0.416. The topological polar surface area (TPSA) is 92.1 Å². The van der Waals surface area contributed by atoms with Gasteiger partial charge in [-0.3, -0.25) is 19.7 Å². The second-order valence-corrected chi connectivity index (χ2v) is 6.74. The Morgan fingerprint density at radius 3 is 2.92 bits per heavy atom. The number of fused-ring (bicyclic) bond motifs is 1. The first-order valence-corrected chi connectivity index (χ1v) is 8.87. The first-order chi connectivity index (χ1) is 12.6. The standard InChI is InChI=1S/C18H15N5O2S/c1-11(20-18(25)12-4-2-6-19-10-12)13-9-17(24)23-16(21-13)8-14(22-23)15-5-3-7-26-15/h2-11,22H,1H3,(H,20,25)/t11-/m1/s1. The average molecular weight is 365 g/mol. The van der Waals surface area contributed by atoms with Crippen molar-refractivity contribution in [3.8, 4) is 10.6 Å². The fourth-order valence-corrected chi connectivity index (χ4v) is 3.33. The van der Waals surface area contributed by atoms with E-state index in [1.807, 2.05) is 23.6 Å². The van der Waals surface area contributed by atoms with Crippen LogP contribution in [0.5, 0.6) is 0 Å². The number of hydrogen-bond acceptors (Lipinski definition) is 5. The van der Waals surface area contributed by atoms with Crippen molar-refractivity contribution in [3.63, 3.8) is 0 Å². The second kappa shape index (κ2) is 6.57. The molecule has 2 N–H and O–H groups in total. The number of nitrogens with zero attached hydrogens (tertiary/aromatic N) is 3. The lowest BCUT2D eigenvalue weighted by molar-refractivity contribution is 0.0938. The Kier molecular flexibility index (Phi) is 4.10. The molecule has 4 rings (SSSR count). The number of carbonyl (C=O) groups excluding carboxylic acids is 1. The molecule has 0 unspecified atom stereocenters. The van der Waals surface area contributed by atoms with E-state index in [9.17, 15) is 9.59 Å². The summed E-state index contributed by atoms with van der Waals surface area (Å²) < 4.78 is 1.40. The largest absolute Gasteiger partial charge is 0.344 e. The molecule has 0 aliphatic heterocycles. The van der Waals surface area contributed by atoms with E-state index in [-0.39, 0.29) is 11.5 Å². The van der Waals surface area contributed by atoms with Crippen molar-refractivity contribution in [1.29, 1.82) is 0 Å². The molecule has 0 saturated carbocycles. The molecule has 1 amide bonds. The van der Waals surface area contributed by atoms with E-state index in [1.165, 1.54) is 16.8 Å². The Morgan fingerprint density at radius 1 is 1.31 bits per heavy atom. The fourth-order valence-electron chi connectivity index (χ4n) is 2.64. The summed E-state index contributed by atoms with van der Waals surface area (Å²) in [5, 5.41) is 7.87. The van der Waals surface area contributed by atoms with Gasteiger partial charge in [-0.1, -0.05) is 6.07 Å². The zero-order valence-electron chi connectivity index (χ0n) is 13.8. The number of nitrogens with one attached hydrogen (secondary N) is 2. The number of rotatable bonds is 4. The third-order valence-electron chi connectivity index (χ3n) is 3.97. The van der Waals surface area contributed by atoms with Gasteiger partial charge in [0.15, 0.2) is 5.65 Å². The van der Waals surface area contributed by atoms with Crippen LogP contribution >= 0.6 is 11.3 Å². The Balaban J connectivity index is 1.64. The molecule has 0 aliphatic carbocycles. The van der Waals surface area contributed by atoms with Crippen molar-refractivity contribution < 1.29 is 4.79 Å². The minimum absolute atomic E-state index is 0.227. The van der Waals surface area contributed by atoms with E-state index in [1.54, 1.807) is 36.6 Å². The van der Waals surface area contributed by atoms with Crippen LogP contribution in [0.2, 0.25) is 0 Å². The molecule has 130 valence electrons. The highest BCUT2D eigenvalue weighted by molar-refractivity contribution is 7.13. The number of H-pyrrole nitrogens is 1. The van der Waals surface area contributed by atoms with Crippen LogP contribution in [-0.4, -0.2) is 25.5 Å². The van der Waals surface area contributed by atoms with Gasteiger partial charge in [-0.05, 0) is 30.5 Å². The second-order valence-electron chi connectivity index (χ2n) is 5.80. The molecule has 26 heavy (non-hydrogen) atoms. The maximum atomic E-state index is 12.4. The summed E-state index contributed by atoms with van der Waals surface area (Å²) in [5.74, 6) is -0.263. The van der Waals surface area contributed by atoms with Crippen molar-refractivity contribution in [2.45, 2.75) is 13.0 Å². The lowest BCUT2D eigenvalue weighted by Gasteiger charge is -2.13. The molecule has 0 radical (unpaired) electrons. The summed E-state index contributed by atoms with van der Waals surface area (Å²) in [6, 6.07) is 10.1. The predicted molar refractivity (Wildman–Crippen MR) is 99.2 cm³/mol. The predicted octanol–water partition coefficient (Wildman–Crippen LogP) is 2.64. The van der Waals surface area contributed by atoms with Crippen LogP contribution in [0.3, 0.4) is 0 Å². The molecule has 0 fully saturated rings. The molecule has 0 bridgehead atoms. The summed E-state index contributed by atoms with van der Waals surface area (Å²) in [6.45, 7) is 1.79. The first kappa shape index (κ1) is 16.2. The van der Waals surface area contributed by atoms with E-state index in [0.717, 1.165) is 10.6 Å². The molecule has 8 heteroatoms. The lowest BCUT2D eigenvalue weighted by atomic mass is 10.2. The maximum Gasteiger partial charge on any atom is 0.272 e. The molecule has 0 saturated heterocycles. The highest BCUT2D eigenvalue weighted by Gasteiger charge is 2.15. The Hall–Kier alpha value is -3.26. The van der Waals surface area contributed by atoms with Crippen LogP contribution in [0, 0.1) is 0 Å². The van der Waals surface area contributed by atoms with Crippen LogP contribution < -0.4 is 10.9 Å². The number of thiophene rings is 1. The summed E-state index contributed by atoms with van der Waals surface area (Å²) in [5.41, 5.74) is 2.07. The lowest BCUT2D eigenvalue weighted by Crippen LogP contribution is -2.29. The van der Waals surface area contributed by atoms with Gasteiger partial charge >= 0.3 is 0 Å². The molecule has 0 aromatic carbocycles. The molecular weight excluding hydrogens is 350 g/mol. The Bertz CT molecular complexity index is 1120. The smallest absolute Gasteiger partial charge is 0.272 e. The van der Waals surface area contributed by atoms with Gasteiger partial charge in [-0.2, -0.15) is 0 Å². The highest BCUT2D eigenvalue weighted by Crippen LogP contribution is 2.23. The normalized spacial score (nSPS) is 12.2. The van der Waals surface area contributed by atoms with Crippen LogP contribution in [0.4, 0.5) is 0 Å². The molecule has 4 aromatic heterocycles. The van der Waals surface area contributed by atoms with Crippen LogP contribution in [0.1, 0.15) is 29.0 Å². The average Bonchev–Trinajstić information content (AvgIpc) is 3.31. The fraction of sp³-hybridized carbons (Fsp3) is 0.111. The first-order valence-electron chi connectivity index (χ1n) is 7.99. The van der Waals surface area contributed by atoms with Crippen molar-refractivity contribution in [1.82, 2.24) is 24.9 Å². The zero-order valence-corrected chi connectivity index (χ0v) is 14.7. The van der Waals surface area contributed by atoms with Gasteiger partial charge in [-0.25, -0.2) is 9.50 Å². The van der Waals surface area contributed by atoms with Crippen molar-refractivity contribution in [2.24, 2.45) is 0 Å². The van der Waals surface area contributed by atoms with Gasteiger partial charge < -0.3 is 5.32 Å². The molecular formula is C18H15N5O2S. The Morgan fingerprint density at radius 2 is 2.19 bits per heavy atom. The van der Waals surface area contributed by atoms with Gasteiger partial charge in [0.2, 0.25) is 0 Å². The van der Waals surface area contributed by atoms with E-state index in [0.29, 0.717) is 16.9 Å². The number of amides is 1. The van der Waals surface area contributed by atoms with Crippen LogP contribution in [0.25, 0.3) is 16.2 Å². The summed E-state index contributed by atoms with van der Waals surface area (Å²) in [4.78, 5) is 34.2. The zero-order chi connectivity index (χ0) is 18.1. The highest BCUT2D eigenvalue weighted by atomic mass is 32.1. The van der Waals surface area contributed by atoms with Crippen LogP contribution in [0.15, 0.2) is 59.0 Å². The number of carbonyl (C=O) groups is 1. The Labute approximate surface area is 152 Å². The third-order valence-corrected chi connectivity index (χ3v) is 4.87. The quantitative estimate of drug-likeness (QED) is 0.581. The summed E-state index contributed by atoms with van der Waals surface area (Å²) in [7, 11) is 0. The van der Waals surface area contributed by atoms with E-state index in [2.05, 4.69) is 20.4 Å². The van der Waals surface area contributed by atoms with Gasteiger partial charge in [0.05, 0.1) is 27.9 Å². The molecule has 0 spiro atoms. The van der Waals surface area contributed by atoms with Gasteiger partial charge in [0, 0.05) is 24.5 Å². The molecule has 4 aromatic rings. The number of pyridine rings is 1. The third kappa shape index (κ3) is 3.02. The summed E-state index contributed by atoms with van der Waals surface area (Å²) >= 11 is 1.58. The monoisotopic (exact) mass is 365 g/mol. The van der Waals surface area contributed by atoms with Gasteiger partial charge in [0.25, 0.3) is 11.5 Å². The van der Waals surface area contributed by atoms with Crippen molar-refractivity contribution in [3.05, 3.63) is 75.8 Å². The number of aromatic amines is 1. The van der Waals surface area contributed by atoms with Crippen molar-refractivity contribution in [2.75, 3.05) is 0 Å². The number of hydrogen-bond donors (Lipinski definition) is 2. The molecule has 1 atom stereocenters. The van der Waals surface area contributed by atoms with E-state index >= 15 is 0 Å². The van der Waals surface area contributed by atoms with Gasteiger partial charge in [-0.15, -0.1) is 11.3 Å². The number of aromatic nitrogens is 4. The van der Waals surface area contributed by atoms with Crippen LogP contribution in [-0.2, 0) is 0 Å².